The van der Waals surface area contributed by atoms with Crippen molar-refractivity contribution in [2.75, 3.05) is 26.2 Å². The number of nitrogens with one attached hydrogen (secondary N) is 3. The first-order chi connectivity index (χ1) is 8.04. The topological polar surface area (TPSA) is 73.5 Å². The van der Waals surface area contributed by atoms with E-state index in [0.29, 0.717) is 12.6 Å². The summed E-state index contributed by atoms with van der Waals surface area (Å²) in [5.74, 6) is -0.245. The number of amides is 3. The Kier molecular flexibility index (Phi) is 5.37. The van der Waals surface area contributed by atoms with E-state index in [2.05, 4.69) is 27.8 Å². The van der Waals surface area contributed by atoms with E-state index in [9.17, 15) is 9.59 Å². The Hall–Kier alpha value is -1.14. The minimum Gasteiger partial charge on any atom is -0.338 e. The summed E-state index contributed by atoms with van der Waals surface area (Å²) in [5.41, 5.74) is 0. The van der Waals surface area contributed by atoms with Crippen LogP contribution < -0.4 is 16.0 Å². The summed E-state index contributed by atoms with van der Waals surface area (Å²) in [6, 6.07) is -0.321. The monoisotopic (exact) mass is 242 g/mol. The van der Waals surface area contributed by atoms with E-state index in [-0.39, 0.29) is 11.9 Å². The van der Waals surface area contributed by atoms with Gasteiger partial charge in [0, 0.05) is 32.2 Å². The number of piperazine rings is 1. The first kappa shape index (κ1) is 13.9. The fourth-order valence-corrected chi connectivity index (χ4v) is 1.90. The average Bonchev–Trinajstić information content (AvgIpc) is 2.28. The van der Waals surface area contributed by atoms with Gasteiger partial charge < -0.3 is 10.6 Å². The van der Waals surface area contributed by atoms with Crippen LogP contribution in [0.25, 0.3) is 0 Å². The number of rotatable bonds is 3. The summed E-state index contributed by atoms with van der Waals surface area (Å²) < 4.78 is 0. The van der Waals surface area contributed by atoms with Crippen molar-refractivity contribution in [3.8, 4) is 0 Å². The van der Waals surface area contributed by atoms with Crippen molar-refractivity contribution in [1.29, 1.82) is 0 Å². The first-order valence-electron chi connectivity index (χ1n) is 6.10. The SMILES string of the molecule is CCNC(=O)NC(=O)C(C)N1CCN[C@@H](C)C1. The summed E-state index contributed by atoms with van der Waals surface area (Å²) >= 11 is 0. The first-order valence-corrected chi connectivity index (χ1v) is 6.10. The van der Waals surface area contributed by atoms with Crippen LogP contribution in [0.3, 0.4) is 0 Å². The zero-order valence-corrected chi connectivity index (χ0v) is 10.7. The second-order valence-electron chi connectivity index (χ2n) is 4.37. The summed E-state index contributed by atoms with van der Waals surface area (Å²) in [5, 5.41) is 8.20. The molecule has 0 aliphatic carbocycles. The molecule has 0 saturated carbocycles. The van der Waals surface area contributed by atoms with Gasteiger partial charge in [0.1, 0.15) is 0 Å². The van der Waals surface area contributed by atoms with E-state index in [1.54, 1.807) is 0 Å². The second kappa shape index (κ2) is 6.56. The highest BCUT2D eigenvalue weighted by Crippen LogP contribution is 2.04. The number of nitrogens with zero attached hydrogens (tertiary/aromatic N) is 1. The van der Waals surface area contributed by atoms with Gasteiger partial charge in [-0.3, -0.25) is 15.0 Å². The molecule has 3 amide bonds. The summed E-state index contributed by atoms with van der Waals surface area (Å²) in [6.45, 7) is 8.76. The Morgan fingerprint density at radius 2 is 2.24 bits per heavy atom. The molecule has 0 aromatic heterocycles. The minimum absolute atomic E-state index is 0.245. The molecule has 1 unspecified atom stereocenters. The van der Waals surface area contributed by atoms with Gasteiger partial charge in [-0.05, 0) is 20.8 Å². The molecular weight excluding hydrogens is 220 g/mol. The molecule has 1 heterocycles. The van der Waals surface area contributed by atoms with Crippen molar-refractivity contribution in [2.24, 2.45) is 0 Å². The number of hydrogen-bond acceptors (Lipinski definition) is 4. The maximum Gasteiger partial charge on any atom is 0.321 e. The van der Waals surface area contributed by atoms with Crippen molar-refractivity contribution in [1.82, 2.24) is 20.9 Å². The Balaban J connectivity index is 2.42. The predicted molar refractivity (Wildman–Crippen MR) is 65.7 cm³/mol. The number of urea groups is 1. The van der Waals surface area contributed by atoms with Gasteiger partial charge in [0.2, 0.25) is 5.91 Å². The molecule has 98 valence electrons. The molecule has 1 saturated heterocycles. The van der Waals surface area contributed by atoms with Gasteiger partial charge >= 0.3 is 6.03 Å². The highest BCUT2D eigenvalue weighted by molar-refractivity contribution is 5.96. The molecule has 1 rings (SSSR count). The lowest BCUT2D eigenvalue weighted by Gasteiger charge is -2.35. The highest BCUT2D eigenvalue weighted by Gasteiger charge is 2.26. The minimum atomic E-state index is -0.424. The average molecular weight is 242 g/mol. The predicted octanol–water partition coefficient (Wildman–Crippen LogP) is -0.486. The number of hydrogen-bond donors (Lipinski definition) is 3. The van der Waals surface area contributed by atoms with E-state index in [4.69, 9.17) is 0 Å². The van der Waals surface area contributed by atoms with Crippen molar-refractivity contribution in [2.45, 2.75) is 32.9 Å². The maximum atomic E-state index is 11.8. The zero-order valence-electron chi connectivity index (χ0n) is 10.7. The van der Waals surface area contributed by atoms with Crippen LogP contribution in [-0.4, -0.2) is 55.1 Å². The fraction of sp³-hybridized carbons (Fsp3) is 0.818. The smallest absolute Gasteiger partial charge is 0.321 e. The van der Waals surface area contributed by atoms with Gasteiger partial charge in [0.15, 0.2) is 0 Å². The fourth-order valence-electron chi connectivity index (χ4n) is 1.90. The third-order valence-corrected chi connectivity index (χ3v) is 2.90. The van der Waals surface area contributed by atoms with Crippen molar-refractivity contribution in [3.05, 3.63) is 0 Å². The number of carbonyl (C=O) groups is 2. The molecule has 1 aliphatic rings. The molecule has 17 heavy (non-hydrogen) atoms. The summed E-state index contributed by atoms with van der Waals surface area (Å²) in [4.78, 5) is 25.1. The molecule has 0 aromatic rings. The molecule has 0 aromatic carbocycles. The van der Waals surface area contributed by atoms with Crippen LogP contribution in [0.15, 0.2) is 0 Å². The Morgan fingerprint density at radius 1 is 1.53 bits per heavy atom. The van der Waals surface area contributed by atoms with E-state index < -0.39 is 6.03 Å². The van der Waals surface area contributed by atoms with Gasteiger partial charge in [-0.1, -0.05) is 0 Å². The Labute approximate surface area is 102 Å². The Morgan fingerprint density at radius 3 is 2.82 bits per heavy atom. The van der Waals surface area contributed by atoms with Crippen molar-refractivity contribution in [3.63, 3.8) is 0 Å². The molecule has 1 fully saturated rings. The van der Waals surface area contributed by atoms with E-state index in [1.165, 1.54) is 0 Å². The van der Waals surface area contributed by atoms with Crippen molar-refractivity contribution >= 4 is 11.9 Å². The largest absolute Gasteiger partial charge is 0.338 e. The molecule has 0 spiro atoms. The molecule has 2 atom stereocenters. The lowest BCUT2D eigenvalue weighted by Crippen LogP contribution is -2.57. The normalized spacial score (nSPS) is 22.9. The molecule has 6 nitrogen and oxygen atoms in total. The van der Waals surface area contributed by atoms with Crippen LogP contribution in [-0.2, 0) is 4.79 Å². The van der Waals surface area contributed by atoms with E-state index >= 15 is 0 Å². The Bertz CT molecular complexity index is 283. The highest BCUT2D eigenvalue weighted by atomic mass is 16.2. The van der Waals surface area contributed by atoms with Crippen LogP contribution in [0.4, 0.5) is 4.79 Å². The standard InChI is InChI=1S/C11H22N4O2/c1-4-12-11(17)14-10(16)9(3)15-6-5-13-8(2)7-15/h8-9,13H,4-7H2,1-3H3,(H2,12,14,16,17)/t8-,9?/m0/s1. The van der Waals surface area contributed by atoms with Gasteiger partial charge in [-0.2, -0.15) is 0 Å². The lowest BCUT2D eigenvalue weighted by molar-refractivity contribution is -0.125. The van der Waals surface area contributed by atoms with Crippen LogP contribution in [0.5, 0.6) is 0 Å². The van der Waals surface area contributed by atoms with E-state index in [0.717, 1.165) is 19.6 Å². The third-order valence-electron chi connectivity index (χ3n) is 2.90. The molecular formula is C11H22N4O2. The third kappa shape index (κ3) is 4.32. The molecule has 0 radical (unpaired) electrons. The van der Waals surface area contributed by atoms with Crippen molar-refractivity contribution < 1.29 is 9.59 Å². The molecule has 6 heteroatoms. The molecule has 1 aliphatic heterocycles. The maximum absolute atomic E-state index is 11.8. The molecule has 3 N–H and O–H groups in total. The molecule has 0 bridgehead atoms. The van der Waals surface area contributed by atoms with Crippen LogP contribution in [0, 0.1) is 0 Å². The van der Waals surface area contributed by atoms with Crippen LogP contribution >= 0.6 is 0 Å². The quantitative estimate of drug-likeness (QED) is 0.624. The van der Waals surface area contributed by atoms with Gasteiger partial charge in [-0.15, -0.1) is 0 Å². The number of imide groups is 1. The van der Waals surface area contributed by atoms with Crippen LogP contribution in [0.2, 0.25) is 0 Å². The zero-order chi connectivity index (χ0) is 12.8. The number of carbonyl (C=O) groups excluding carboxylic acids is 2. The van der Waals surface area contributed by atoms with Gasteiger partial charge in [0.05, 0.1) is 6.04 Å². The van der Waals surface area contributed by atoms with Gasteiger partial charge in [0.25, 0.3) is 0 Å². The second-order valence-corrected chi connectivity index (χ2v) is 4.37. The lowest BCUT2D eigenvalue weighted by atomic mass is 10.1. The summed E-state index contributed by atoms with van der Waals surface area (Å²) in [6.07, 6.45) is 0. The summed E-state index contributed by atoms with van der Waals surface area (Å²) in [7, 11) is 0. The van der Waals surface area contributed by atoms with Gasteiger partial charge in [-0.25, -0.2) is 4.79 Å². The van der Waals surface area contributed by atoms with E-state index in [1.807, 2.05) is 13.8 Å². The van der Waals surface area contributed by atoms with Crippen LogP contribution in [0.1, 0.15) is 20.8 Å².